The Kier molecular flexibility index (Phi) is 7.29. The van der Waals surface area contributed by atoms with Crippen molar-refractivity contribution in [3.05, 3.63) is 46.8 Å². The highest BCUT2D eigenvalue weighted by Crippen LogP contribution is 2.15. The number of benzene rings is 1. The van der Waals surface area contributed by atoms with Crippen molar-refractivity contribution in [1.82, 2.24) is 10.6 Å². The van der Waals surface area contributed by atoms with Gasteiger partial charge < -0.3 is 10.6 Å². The Hall–Kier alpha value is -0.820. The van der Waals surface area contributed by atoms with E-state index in [1.54, 1.807) is 19.2 Å². The predicted octanol–water partition coefficient (Wildman–Crippen LogP) is 3.48. The maximum Gasteiger partial charge on any atom is 0.191 e. The first kappa shape index (κ1) is 17.2. The van der Waals surface area contributed by atoms with Gasteiger partial charge in [-0.1, -0.05) is 29.8 Å². The van der Waals surface area contributed by atoms with Gasteiger partial charge >= 0.3 is 0 Å². The molecule has 0 saturated carbocycles. The summed E-state index contributed by atoms with van der Waals surface area (Å²) in [5.41, 5.74) is 0.916. The summed E-state index contributed by atoms with van der Waals surface area (Å²) in [6.07, 6.45) is 6.35. The third kappa shape index (κ3) is 4.94. The SMILES string of the molecule is CN=C(NCc1ccc(F)c(Cl)c1)NC1CC=CC1.I. The number of aliphatic imine (C=N–C) groups is 1. The average molecular weight is 410 g/mol. The highest BCUT2D eigenvalue weighted by atomic mass is 127. The summed E-state index contributed by atoms with van der Waals surface area (Å²) in [5, 5.41) is 6.66. The topological polar surface area (TPSA) is 36.4 Å². The fraction of sp³-hybridized carbons (Fsp3) is 0.357. The molecule has 2 N–H and O–H groups in total. The lowest BCUT2D eigenvalue weighted by Crippen LogP contribution is -2.42. The van der Waals surface area contributed by atoms with Crippen molar-refractivity contribution in [2.45, 2.75) is 25.4 Å². The van der Waals surface area contributed by atoms with E-state index in [1.165, 1.54) is 6.07 Å². The summed E-state index contributed by atoms with van der Waals surface area (Å²) < 4.78 is 13.0. The number of nitrogens with one attached hydrogen (secondary N) is 2. The van der Waals surface area contributed by atoms with Crippen LogP contribution in [0.1, 0.15) is 18.4 Å². The molecule has 0 aromatic heterocycles. The van der Waals surface area contributed by atoms with E-state index in [-0.39, 0.29) is 29.0 Å². The Morgan fingerprint density at radius 1 is 1.40 bits per heavy atom. The van der Waals surface area contributed by atoms with Crippen LogP contribution in [0.15, 0.2) is 35.3 Å². The fourth-order valence-corrected chi connectivity index (χ4v) is 2.16. The first-order chi connectivity index (χ1) is 9.19. The third-order valence-corrected chi connectivity index (χ3v) is 3.31. The van der Waals surface area contributed by atoms with Crippen LogP contribution < -0.4 is 10.6 Å². The minimum absolute atomic E-state index is 0. The van der Waals surface area contributed by atoms with E-state index in [9.17, 15) is 4.39 Å². The van der Waals surface area contributed by atoms with Gasteiger partial charge in [0.15, 0.2) is 5.96 Å². The van der Waals surface area contributed by atoms with Gasteiger partial charge in [0.2, 0.25) is 0 Å². The number of halogens is 3. The molecule has 0 saturated heterocycles. The molecule has 0 unspecified atom stereocenters. The Labute approximate surface area is 140 Å². The molecule has 0 heterocycles. The lowest BCUT2D eigenvalue weighted by atomic mass is 10.2. The van der Waals surface area contributed by atoms with E-state index in [0.717, 1.165) is 24.4 Å². The van der Waals surface area contributed by atoms with E-state index < -0.39 is 5.82 Å². The van der Waals surface area contributed by atoms with Crippen molar-refractivity contribution in [3.8, 4) is 0 Å². The van der Waals surface area contributed by atoms with Gasteiger partial charge in [-0.25, -0.2) is 4.39 Å². The van der Waals surface area contributed by atoms with Crippen LogP contribution >= 0.6 is 35.6 Å². The molecule has 1 aliphatic rings. The zero-order valence-corrected chi connectivity index (χ0v) is 14.3. The number of nitrogens with zero attached hydrogens (tertiary/aromatic N) is 1. The molecule has 0 radical (unpaired) electrons. The highest BCUT2D eigenvalue weighted by Gasteiger charge is 2.11. The number of rotatable bonds is 3. The molecule has 1 aromatic rings. The minimum atomic E-state index is -0.398. The molecule has 6 heteroatoms. The molecule has 0 fully saturated rings. The molecule has 2 rings (SSSR count). The molecular formula is C14H18ClFIN3. The second kappa shape index (κ2) is 8.46. The van der Waals surface area contributed by atoms with Crippen LogP contribution in [0.25, 0.3) is 0 Å². The van der Waals surface area contributed by atoms with Crippen LogP contribution in [0, 0.1) is 5.82 Å². The second-order valence-electron chi connectivity index (χ2n) is 4.46. The molecule has 110 valence electrons. The summed E-state index contributed by atoms with van der Waals surface area (Å²) in [4.78, 5) is 4.17. The van der Waals surface area contributed by atoms with Crippen LogP contribution in [-0.4, -0.2) is 19.0 Å². The van der Waals surface area contributed by atoms with Gasteiger partial charge in [0.05, 0.1) is 5.02 Å². The highest BCUT2D eigenvalue weighted by molar-refractivity contribution is 14.0. The fourth-order valence-electron chi connectivity index (χ4n) is 1.96. The largest absolute Gasteiger partial charge is 0.353 e. The smallest absolute Gasteiger partial charge is 0.191 e. The molecule has 0 atom stereocenters. The van der Waals surface area contributed by atoms with E-state index in [0.29, 0.717) is 12.6 Å². The molecule has 0 spiro atoms. The van der Waals surface area contributed by atoms with Crippen LogP contribution in [0.3, 0.4) is 0 Å². The monoisotopic (exact) mass is 409 g/mol. The van der Waals surface area contributed by atoms with Gasteiger partial charge in [-0.2, -0.15) is 0 Å². The van der Waals surface area contributed by atoms with Crippen molar-refractivity contribution in [1.29, 1.82) is 0 Å². The standard InChI is InChI=1S/C14H17ClFN3.HI/c1-17-14(19-11-4-2-3-5-11)18-9-10-6-7-13(16)12(15)8-10;/h2-3,6-8,11H,4-5,9H2,1H3,(H2,17,18,19);1H. The minimum Gasteiger partial charge on any atom is -0.353 e. The normalized spacial score (nSPS) is 15.1. The Morgan fingerprint density at radius 3 is 2.70 bits per heavy atom. The summed E-state index contributed by atoms with van der Waals surface area (Å²) in [6, 6.07) is 5.10. The van der Waals surface area contributed by atoms with Gasteiger partial charge in [0.25, 0.3) is 0 Å². The molecule has 1 aliphatic carbocycles. The quantitative estimate of drug-likeness (QED) is 0.347. The van der Waals surface area contributed by atoms with E-state index in [4.69, 9.17) is 11.6 Å². The van der Waals surface area contributed by atoms with Crippen molar-refractivity contribution in [3.63, 3.8) is 0 Å². The van der Waals surface area contributed by atoms with Crippen molar-refractivity contribution in [2.24, 2.45) is 4.99 Å². The number of guanidine groups is 1. The Morgan fingerprint density at radius 2 is 2.10 bits per heavy atom. The van der Waals surface area contributed by atoms with Gasteiger partial charge in [0.1, 0.15) is 5.82 Å². The van der Waals surface area contributed by atoms with Crippen molar-refractivity contribution in [2.75, 3.05) is 7.05 Å². The maximum atomic E-state index is 13.0. The average Bonchev–Trinajstić information content (AvgIpc) is 2.91. The molecule has 3 nitrogen and oxygen atoms in total. The molecule has 1 aromatic carbocycles. The molecular weight excluding hydrogens is 392 g/mol. The summed E-state index contributed by atoms with van der Waals surface area (Å²) in [5.74, 6) is 0.346. The van der Waals surface area contributed by atoms with Gasteiger partial charge in [-0.05, 0) is 30.5 Å². The summed E-state index contributed by atoms with van der Waals surface area (Å²) in [6.45, 7) is 0.555. The van der Waals surface area contributed by atoms with Crippen LogP contribution in [0.2, 0.25) is 5.02 Å². The van der Waals surface area contributed by atoms with Crippen LogP contribution in [0.5, 0.6) is 0 Å². The zero-order chi connectivity index (χ0) is 13.7. The zero-order valence-electron chi connectivity index (χ0n) is 11.2. The van der Waals surface area contributed by atoms with Crippen molar-refractivity contribution >= 4 is 41.5 Å². The lowest BCUT2D eigenvalue weighted by Gasteiger charge is -2.17. The number of hydrogen-bond donors (Lipinski definition) is 2. The summed E-state index contributed by atoms with van der Waals surface area (Å²) in [7, 11) is 1.73. The molecule has 20 heavy (non-hydrogen) atoms. The lowest BCUT2D eigenvalue weighted by molar-refractivity contribution is 0.625. The molecule has 0 aliphatic heterocycles. The Balaban J connectivity index is 0.00000200. The van der Waals surface area contributed by atoms with Gasteiger partial charge in [-0.15, -0.1) is 24.0 Å². The van der Waals surface area contributed by atoms with E-state index in [1.807, 2.05) is 0 Å². The first-order valence-corrected chi connectivity index (χ1v) is 6.63. The predicted molar refractivity (Wildman–Crippen MR) is 92.3 cm³/mol. The van der Waals surface area contributed by atoms with Crippen LogP contribution in [0.4, 0.5) is 4.39 Å². The van der Waals surface area contributed by atoms with E-state index in [2.05, 4.69) is 27.8 Å². The number of hydrogen-bond acceptors (Lipinski definition) is 1. The molecule has 0 amide bonds. The maximum absolute atomic E-state index is 13.0. The second-order valence-corrected chi connectivity index (χ2v) is 4.87. The van der Waals surface area contributed by atoms with E-state index >= 15 is 0 Å². The first-order valence-electron chi connectivity index (χ1n) is 6.25. The Bertz CT molecular complexity index is 497. The van der Waals surface area contributed by atoms with Crippen LogP contribution in [-0.2, 0) is 6.54 Å². The van der Waals surface area contributed by atoms with Gasteiger partial charge in [-0.3, -0.25) is 4.99 Å². The molecule has 0 bridgehead atoms. The van der Waals surface area contributed by atoms with Gasteiger partial charge in [0, 0.05) is 19.6 Å². The third-order valence-electron chi connectivity index (χ3n) is 3.02. The van der Waals surface area contributed by atoms with Crippen molar-refractivity contribution < 1.29 is 4.39 Å². The summed E-state index contributed by atoms with van der Waals surface area (Å²) >= 11 is 5.74.